The summed E-state index contributed by atoms with van der Waals surface area (Å²) < 4.78 is 41.1. The number of nitrogens with one attached hydrogen (secondary N) is 3. The number of anilines is 1. The van der Waals surface area contributed by atoms with Crippen molar-refractivity contribution in [3.63, 3.8) is 0 Å². The average Bonchev–Trinajstić information content (AvgIpc) is 3.12. The quantitative estimate of drug-likeness (QED) is 0.446. The van der Waals surface area contributed by atoms with Crippen molar-refractivity contribution in [3.05, 3.63) is 59.7 Å². The lowest BCUT2D eigenvalue weighted by Crippen LogP contribution is -2.35. The third-order valence-electron chi connectivity index (χ3n) is 5.47. The Hall–Kier alpha value is -3.00. The molecule has 2 heterocycles. The molecular formula is C23H24F3N3O2. The Labute approximate surface area is 178 Å². The number of hydrogen-bond acceptors (Lipinski definition) is 3. The van der Waals surface area contributed by atoms with E-state index < -0.39 is 6.36 Å². The van der Waals surface area contributed by atoms with E-state index in [9.17, 15) is 18.0 Å². The molecule has 1 aromatic heterocycles. The number of aromatic nitrogens is 1. The molecule has 0 fully saturated rings. The highest BCUT2D eigenvalue weighted by Crippen LogP contribution is 2.28. The van der Waals surface area contributed by atoms with E-state index >= 15 is 0 Å². The molecule has 0 saturated heterocycles. The van der Waals surface area contributed by atoms with Gasteiger partial charge in [-0.2, -0.15) is 0 Å². The minimum atomic E-state index is -4.68. The lowest BCUT2D eigenvalue weighted by molar-refractivity contribution is -0.274. The molecular weight excluding hydrogens is 407 g/mol. The molecule has 1 unspecified atom stereocenters. The van der Waals surface area contributed by atoms with Gasteiger partial charge in [-0.1, -0.05) is 30.7 Å². The molecule has 4 rings (SSSR count). The number of fused-ring (bicyclic) bond motifs is 2. The number of unbranched alkanes of at least 4 members (excludes halogenated alkanes) is 1. The Kier molecular flexibility index (Phi) is 6.18. The molecule has 1 aliphatic rings. The van der Waals surface area contributed by atoms with Crippen molar-refractivity contribution in [1.82, 2.24) is 10.3 Å². The molecule has 5 nitrogen and oxygen atoms in total. The maximum atomic E-state index is 12.4. The van der Waals surface area contributed by atoms with Crippen LogP contribution < -0.4 is 15.4 Å². The molecule has 0 spiro atoms. The van der Waals surface area contributed by atoms with E-state index in [-0.39, 0.29) is 17.7 Å². The van der Waals surface area contributed by atoms with Gasteiger partial charge in [0.1, 0.15) is 11.6 Å². The highest BCUT2D eigenvalue weighted by Gasteiger charge is 2.31. The maximum Gasteiger partial charge on any atom is 0.573 e. The van der Waals surface area contributed by atoms with Gasteiger partial charge < -0.3 is 20.4 Å². The van der Waals surface area contributed by atoms with E-state index in [4.69, 9.17) is 0 Å². The van der Waals surface area contributed by atoms with Gasteiger partial charge in [0.2, 0.25) is 5.91 Å². The van der Waals surface area contributed by atoms with Crippen molar-refractivity contribution < 1.29 is 22.7 Å². The number of rotatable bonds is 7. The molecule has 2 aromatic carbocycles. The average molecular weight is 431 g/mol. The summed E-state index contributed by atoms with van der Waals surface area (Å²) in [6.07, 6.45) is -0.920. The summed E-state index contributed by atoms with van der Waals surface area (Å²) in [5.41, 5.74) is 2.85. The molecule has 3 aromatic rings. The molecule has 0 saturated carbocycles. The van der Waals surface area contributed by atoms with Gasteiger partial charge in [-0.3, -0.25) is 4.79 Å². The van der Waals surface area contributed by atoms with Gasteiger partial charge >= 0.3 is 6.36 Å². The second-order valence-corrected chi connectivity index (χ2v) is 7.82. The molecule has 0 aliphatic carbocycles. The Morgan fingerprint density at radius 3 is 2.74 bits per heavy atom. The zero-order valence-electron chi connectivity index (χ0n) is 16.9. The SMILES string of the molecule is O=C(CCCCC1Cc2ccc(OC(F)(F)F)cc2CN1)Nc1cc2ccccc2[nH]1. The molecule has 0 radical (unpaired) electrons. The highest BCUT2D eigenvalue weighted by molar-refractivity contribution is 5.93. The third kappa shape index (κ3) is 5.79. The fourth-order valence-corrected chi connectivity index (χ4v) is 3.99. The van der Waals surface area contributed by atoms with E-state index in [1.54, 1.807) is 6.07 Å². The molecule has 1 atom stereocenters. The van der Waals surface area contributed by atoms with Crippen LogP contribution in [0.15, 0.2) is 48.5 Å². The van der Waals surface area contributed by atoms with Gasteiger partial charge in [-0.25, -0.2) is 0 Å². The summed E-state index contributed by atoms with van der Waals surface area (Å²) in [6, 6.07) is 14.5. The number of ether oxygens (including phenoxy) is 1. The number of benzene rings is 2. The Bertz CT molecular complexity index is 1030. The lowest BCUT2D eigenvalue weighted by atomic mass is 9.92. The first kappa shape index (κ1) is 21.2. The predicted octanol–water partition coefficient (Wildman–Crippen LogP) is 5.28. The van der Waals surface area contributed by atoms with Crippen LogP contribution >= 0.6 is 0 Å². The summed E-state index contributed by atoms with van der Waals surface area (Å²) in [7, 11) is 0. The molecule has 164 valence electrons. The summed E-state index contributed by atoms with van der Waals surface area (Å²) in [6.45, 7) is 0.510. The first-order valence-corrected chi connectivity index (χ1v) is 10.3. The number of hydrogen-bond donors (Lipinski definition) is 3. The zero-order chi connectivity index (χ0) is 21.8. The number of para-hydroxylation sites is 1. The number of alkyl halides is 3. The first-order chi connectivity index (χ1) is 14.9. The van der Waals surface area contributed by atoms with Crippen molar-refractivity contribution in [3.8, 4) is 5.75 Å². The number of H-pyrrole nitrogens is 1. The number of carbonyl (C=O) groups is 1. The highest BCUT2D eigenvalue weighted by atomic mass is 19.4. The number of aromatic amines is 1. The van der Waals surface area contributed by atoms with Crippen LogP contribution in [0.4, 0.5) is 19.0 Å². The smallest absolute Gasteiger partial charge is 0.406 e. The van der Waals surface area contributed by atoms with Crippen molar-refractivity contribution in [2.24, 2.45) is 0 Å². The van der Waals surface area contributed by atoms with E-state index in [1.165, 1.54) is 12.1 Å². The van der Waals surface area contributed by atoms with Crippen LogP contribution in [0.3, 0.4) is 0 Å². The van der Waals surface area contributed by atoms with Crippen LogP contribution in [0, 0.1) is 0 Å². The third-order valence-corrected chi connectivity index (χ3v) is 5.47. The second kappa shape index (κ2) is 9.01. The van der Waals surface area contributed by atoms with Crippen LogP contribution in [-0.4, -0.2) is 23.3 Å². The van der Waals surface area contributed by atoms with E-state index in [0.29, 0.717) is 18.8 Å². The van der Waals surface area contributed by atoms with Crippen molar-refractivity contribution >= 4 is 22.6 Å². The van der Waals surface area contributed by atoms with Gasteiger partial charge in [0, 0.05) is 29.9 Å². The predicted molar refractivity (Wildman–Crippen MR) is 113 cm³/mol. The van der Waals surface area contributed by atoms with Crippen LogP contribution in [-0.2, 0) is 17.8 Å². The largest absolute Gasteiger partial charge is 0.573 e. The Morgan fingerprint density at radius 2 is 1.94 bits per heavy atom. The summed E-state index contributed by atoms with van der Waals surface area (Å²) in [4.78, 5) is 15.4. The summed E-state index contributed by atoms with van der Waals surface area (Å²) in [5.74, 6) is 0.490. The van der Waals surface area contributed by atoms with Crippen LogP contribution in [0.1, 0.15) is 36.8 Å². The van der Waals surface area contributed by atoms with Gasteiger partial charge in [-0.15, -0.1) is 13.2 Å². The number of amides is 1. The van der Waals surface area contributed by atoms with Gasteiger partial charge in [-0.05, 0) is 54.7 Å². The molecule has 0 bridgehead atoms. The fourth-order valence-electron chi connectivity index (χ4n) is 3.99. The monoisotopic (exact) mass is 431 g/mol. The standard InChI is InChI=1S/C23H24F3N3O2/c24-23(25,26)31-19-10-9-15-11-18(27-14-17(15)12-19)6-2-4-8-22(30)29-21-13-16-5-1-3-7-20(16)28-21/h1,3,5,7,9-10,12-13,18,27-28H,2,4,6,8,11,14H2,(H,29,30). The summed E-state index contributed by atoms with van der Waals surface area (Å²) >= 11 is 0. The van der Waals surface area contributed by atoms with Crippen LogP contribution in [0.2, 0.25) is 0 Å². The number of halogens is 3. The Morgan fingerprint density at radius 1 is 1.10 bits per heavy atom. The normalized spacial score (nSPS) is 16.2. The molecule has 31 heavy (non-hydrogen) atoms. The van der Waals surface area contributed by atoms with E-state index in [1.807, 2.05) is 30.3 Å². The molecule has 8 heteroatoms. The van der Waals surface area contributed by atoms with Crippen molar-refractivity contribution in [2.75, 3.05) is 5.32 Å². The molecule has 1 aliphatic heterocycles. The van der Waals surface area contributed by atoms with Gasteiger partial charge in [0.25, 0.3) is 0 Å². The minimum Gasteiger partial charge on any atom is -0.406 e. The Balaban J connectivity index is 1.19. The minimum absolute atomic E-state index is 0.0225. The summed E-state index contributed by atoms with van der Waals surface area (Å²) in [5, 5.41) is 7.32. The van der Waals surface area contributed by atoms with Crippen LogP contribution in [0.5, 0.6) is 5.75 Å². The van der Waals surface area contributed by atoms with Crippen LogP contribution in [0.25, 0.3) is 10.9 Å². The molecule has 1 amide bonds. The fraction of sp³-hybridized carbons (Fsp3) is 0.348. The maximum absolute atomic E-state index is 12.4. The van der Waals surface area contributed by atoms with Crippen molar-refractivity contribution in [2.45, 2.75) is 51.1 Å². The van der Waals surface area contributed by atoms with Gasteiger partial charge in [0.15, 0.2) is 0 Å². The number of carbonyl (C=O) groups excluding carboxylic acids is 1. The lowest BCUT2D eigenvalue weighted by Gasteiger charge is -2.26. The zero-order valence-corrected chi connectivity index (χ0v) is 16.9. The topological polar surface area (TPSA) is 66.2 Å². The second-order valence-electron chi connectivity index (χ2n) is 7.82. The van der Waals surface area contributed by atoms with E-state index in [0.717, 1.165) is 47.7 Å². The first-order valence-electron chi connectivity index (χ1n) is 10.3. The van der Waals surface area contributed by atoms with Crippen molar-refractivity contribution in [1.29, 1.82) is 0 Å². The molecule has 3 N–H and O–H groups in total. The van der Waals surface area contributed by atoms with Gasteiger partial charge in [0.05, 0.1) is 0 Å². The van der Waals surface area contributed by atoms with E-state index in [2.05, 4.69) is 20.4 Å².